The molecule has 1 unspecified atom stereocenters. The summed E-state index contributed by atoms with van der Waals surface area (Å²) in [6.45, 7) is 0. The summed E-state index contributed by atoms with van der Waals surface area (Å²) in [5, 5.41) is 2.50. The molecule has 1 aliphatic heterocycles. The van der Waals surface area contributed by atoms with E-state index in [0.29, 0.717) is 17.5 Å². The lowest BCUT2D eigenvalue weighted by Gasteiger charge is -2.15. The largest absolute Gasteiger partial charge is 0.309 e. The van der Waals surface area contributed by atoms with Gasteiger partial charge >= 0.3 is 0 Å². The Morgan fingerprint density at radius 3 is 1.54 bits per heavy atom. The third kappa shape index (κ3) is 5.33. The first kappa shape index (κ1) is 32.0. The maximum atomic E-state index is 4.96. The molecule has 0 spiro atoms. The molecule has 1 atom stereocenters. The predicted molar refractivity (Wildman–Crippen MR) is 228 cm³/mol. The quantitative estimate of drug-likeness (QED) is 0.186. The molecule has 11 rings (SSSR count). The van der Waals surface area contributed by atoms with Gasteiger partial charge in [-0.05, 0) is 71.8 Å². The molecule has 8 aromatic carbocycles. The molecule has 0 saturated carbocycles. The van der Waals surface area contributed by atoms with Gasteiger partial charge in [-0.2, -0.15) is 0 Å². The van der Waals surface area contributed by atoms with Crippen LogP contribution in [0.2, 0.25) is 0 Å². The Labute approximate surface area is 324 Å². The van der Waals surface area contributed by atoms with Gasteiger partial charge in [0.15, 0.2) is 17.5 Å². The van der Waals surface area contributed by atoms with Crippen molar-refractivity contribution in [3.63, 3.8) is 0 Å². The number of aromatic nitrogens is 4. The van der Waals surface area contributed by atoms with Gasteiger partial charge in [-0.25, -0.2) is 19.9 Å². The average Bonchev–Trinajstić information content (AvgIpc) is 3.79. The Morgan fingerprint density at radius 1 is 0.339 bits per heavy atom. The summed E-state index contributed by atoms with van der Waals surface area (Å²) in [6, 6.07) is 70.8. The second-order valence-corrected chi connectivity index (χ2v) is 14.2. The maximum absolute atomic E-state index is 4.96. The lowest BCUT2D eigenvalue weighted by atomic mass is 9.98. The fourth-order valence-corrected chi connectivity index (χ4v) is 8.29. The molecule has 5 nitrogen and oxygen atoms in total. The minimum atomic E-state index is 0.648. The number of para-hydroxylation sites is 3. The molecule has 3 heterocycles. The van der Waals surface area contributed by atoms with E-state index in [1.165, 1.54) is 66.0 Å². The minimum Gasteiger partial charge on any atom is -0.309 e. The molecule has 0 fully saturated rings. The molecule has 1 N–H and O–H groups in total. The first-order valence-electron chi connectivity index (χ1n) is 18.9. The molecular formula is C51H34N5+. The fourth-order valence-electron chi connectivity index (χ4n) is 8.29. The monoisotopic (exact) mass is 716 g/mol. The minimum absolute atomic E-state index is 0.648. The van der Waals surface area contributed by atoms with Crippen molar-refractivity contribution in [3.8, 4) is 62.1 Å². The van der Waals surface area contributed by atoms with Crippen LogP contribution in [-0.4, -0.2) is 19.5 Å². The van der Waals surface area contributed by atoms with E-state index < -0.39 is 0 Å². The van der Waals surface area contributed by atoms with E-state index in [2.05, 4.69) is 144 Å². The number of nitrogens with zero attached hydrogens (tertiary/aromatic N) is 4. The molecule has 0 aliphatic carbocycles. The van der Waals surface area contributed by atoms with Gasteiger partial charge in [0.1, 0.15) is 17.1 Å². The number of quaternary nitrogens is 1. The lowest BCUT2D eigenvalue weighted by molar-refractivity contribution is -0.677. The first-order chi connectivity index (χ1) is 27.8. The molecule has 0 bridgehead atoms. The van der Waals surface area contributed by atoms with Gasteiger partial charge in [-0.3, -0.25) is 0 Å². The highest BCUT2D eigenvalue weighted by atomic mass is 15.2. The van der Waals surface area contributed by atoms with Gasteiger partial charge in [0.05, 0.1) is 16.6 Å². The SMILES string of the molecule is c1ccc(-c2nc(-c3ccccc3)nc(-c3ccc([NH+]4c5ccccc5-c5cc(-c6ccc7c(c6)c6ccccc6n7-c6ccccc6)ccc54)cc3)n2)cc1. The van der Waals surface area contributed by atoms with Gasteiger partial charge in [-0.15, -0.1) is 0 Å². The highest BCUT2D eigenvalue weighted by molar-refractivity contribution is 6.10. The van der Waals surface area contributed by atoms with E-state index in [1.54, 1.807) is 0 Å². The van der Waals surface area contributed by atoms with Crippen molar-refractivity contribution in [2.75, 3.05) is 0 Å². The highest BCUT2D eigenvalue weighted by Gasteiger charge is 2.33. The summed E-state index contributed by atoms with van der Waals surface area (Å²) in [4.78, 5) is 16.0. The smallest absolute Gasteiger partial charge is 0.164 e. The van der Waals surface area contributed by atoms with Crippen LogP contribution in [0.25, 0.3) is 83.9 Å². The van der Waals surface area contributed by atoms with Gasteiger partial charge in [0.2, 0.25) is 0 Å². The van der Waals surface area contributed by atoms with Crippen molar-refractivity contribution >= 4 is 38.9 Å². The molecule has 1 aliphatic rings. The normalized spacial score (nSPS) is 13.2. The Bertz CT molecular complexity index is 3010. The molecule has 0 saturated heterocycles. The van der Waals surface area contributed by atoms with Crippen LogP contribution in [0.3, 0.4) is 0 Å². The van der Waals surface area contributed by atoms with Crippen molar-refractivity contribution in [2.24, 2.45) is 0 Å². The van der Waals surface area contributed by atoms with Crippen molar-refractivity contribution in [2.45, 2.75) is 0 Å². The molecule has 5 heteroatoms. The number of hydrogen-bond donors (Lipinski definition) is 1. The third-order valence-electron chi connectivity index (χ3n) is 10.9. The van der Waals surface area contributed by atoms with E-state index >= 15 is 0 Å². The Hall–Kier alpha value is -7.47. The van der Waals surface area contributed by atoms with E-state index in [4.69, 9.17) is 15.0 Å². The van der Waals surface area contributed by atoms with Crippen LogP contribution in [0.15, 0.2) is 200 Å². The van der Waals surface area contributed by atoms with E-state index in [-0.39, 0.29) is 0 Å². The topological polar surface area (TPSA) is 48.0 Å². The third-order valence-corrected chi connectivity index (χ3v) is 10.9. The van der Waals surface area contributed by atoms with Crippen LogP contribution in [-0.2, 0) is 0 Å². The van der Waals surface area contributed by atoms with Crippen LogP contribution >= 0.6 is 0 Å². The summed E-state index contributed by atoms with van der Waals surface area (Å²) in [5.41, 5.74) is 15.0. The standard InChI is InChI=1S/C51H33N5/c1-4-14-34(15-5-1)49-52-50(35-16-6-2-7-17-35)54-51(53-49)36-24-28-40(29-25-36)56-46-23-13-11-21-42(46)44-33-38(27-31-48(44)56)37-26-30-47-43(32-37)41-20-10-12-22-45(41)55(47)39-18-8-3-9-19-39/h1-33H/p+1. The maximum Gasteiger partial charge on any atom is 0.164 e. The van der Waals surface area contributed by atoms with Gasteiger partial charge in [0.25, 0.3) is 0 Å². The zero-order valence-corrected chi connectivity index (χ0v) is 30.3. The molecule has 0 radical (unpaired) electrons. The second kappa shape index (κ2) is 13.1. The number of hydrogen-bond acceptors (Lipinski definition) is 3. The molecule has 0 amide bonds. The first-order valence-corrected chi connectivity index (χ1v) is 18.9. The molecule has 2 aromatic heterocycles. The van der Waals surface area contributed by atoms with Crippen molar-refractivity contribution in [1.82, 2.24) is 19.5 Å². The van der Waals surface area contributed by atoms with Crippen LogP contribution in [0.4, 0.5) is 17.1 Å². The lowest BCUT2D eigenvalue weighted by Crippen LogP contribution is -2.95. The number of rotatable bonds is 6. The summed E-state index contributed by atoms with van der Waals surface area (Å²) in [5.74, 6) is 1.96. The Morgan fingerprint density at radius 2 is 0.839 bits per heavy atom. The average molecular weight is 717 g/mol. The van der Waals surface area contributed by atoms with Crippen LogP contribution in [0.1, 0.15) is 0 Å². The van der Waals surface area contributed by atoms with E-state index in [9.17, 15) is 0 Å². The molecular weight excluding hydrogens is 683 g/mol. The zero-order chi connectivity index (χ0) is 37.0. The van der Waals surface area contributed by atoms with Crippen LogP contribution in [0, 0.1) is 0 Å². The molecule has 262 valence electrons. The second-order valence-electron chi connectivity index (χ2n) is 14.2. The van der Waals surface area contributed by atoms with Crippen molar-refractivity contribution < 1.29 is 4.90 Å². The van der Waals surface area contributed by atoms with Crippen molar-refractivity contribution in [3.05, 3.63) is 200 Å². The van der Waals surface area contributed by atoms with Crippen LogP contribution in [0.5, 0.6) is 0 Å². The summed E-state index contributed by atoms with van der Waals surface area (Å²) in [6.07, 6.45) is 0. The highest BCUT2D eigenvalue weighted by Crippen LogP contribution is 2.42. The summed E-state index contributed by atoms with van der Waals surface area (Å²) in [7, 11) is 0. The number of nitrogens with one attached hydrogen (secondary N) is 1. The summed E-state index contributed by atoms with van der Waals surface area (Å²) < 4.78 is 2.37. The van der Waals surface area contributed by atoms with Gasteiger partial charge in [0, 0.05) is 63.0 Å². The van der Waals surface area contributed by atoms with Gasteiger partial charge in [-0.1, -0.05) is 115 Å². The Balaban J connectivity index is 0.976. The molecule has 56 heavy (non-hydrogen) atoms. The number of fused-ring (bicyclic) bond motifs is 6. The van der Waals surface area contributed by atoms with Gasteiger partial charge < -0.3 is 4.57 Å². The van der Waals surface area contributed by atoms with Crippen LogP contribution < -0.4 is 4.90 Å². The number of benzene rings is 8. The van der Waals surface area contributed by atoms with Crippen molar-refractivity contribution in [1.29, 1.82) is 0 Å². The van der Waals surface area contributed by atoms with E-state index in [0.717, 1.165) is 22.4 Å². The predicted octanol–water partition coefficient (Wildman–Crippen LogP) is 11.8. The molecule has 10 aromatic rings. The Kier molecular flexibility index (Phi) is 7.50. The fraction of sp³-hybridized carbons (Fsp3) is 0. The summed E-state index contributed by atoms with van der Waals surface area (Å²) >= 11 is 0. The zero-order valence-electron chi connectivity index (χ0n) is 30.3. The van der Waals surface area contributed by atoms with E-state index in [1.807, 2.05) is 60.7 Å².